The lowest BCUT2D eigenvalue weighted by Gasteiger charge is -2.38. The lowest BCUT2D eigenvalue weighted by molar-refractivity contribution is 0.455. The lowest BCUT2D eigenvalue weighted by Crippen LogP contribution is -2.69. The molecule has 1 unspecified atom stereocenters. The van der Waals surface area contributed by atoms with Gasteiger partial charge in [-0.2, -0.15) is 0 Å². The predicted octanol–water partition coefficient (Wildman–Crippen LogP) is 3.69. The van der Waals surface area contributed by atoms with Crippen LogP contribution in [0.25, 0.3) is 5.69 Å². The first-order chi connectivity index (χ1) is 18.7. The molecule has 0 radical (unpaired) electrons. The van der Waals surface area contributed by atoms with Gasteiger partial charge >= 0.3 is 11.4 Å². The van der Waals surface area contributed by atoms with Crippen LogP contribution in [0.4, 0.5) is 0 Å². The molecule has 1 N–H and O–H groups in total. The molecule has 0 amide bonds. The normalized spacial score (nSPS) is 15.7. The van der Waals surface area contributed by atoms with E-state index in [1.807, 2.05) is 18.2 Å². The van der Waals surface area contributed by atoms with E-state index < -0.39 is 13.8 Å². The Kier molecular flexibility index (Phi) is 6.39. The molecule has 188 valence electrons. The Hall–Kier alpha value is -4.42. The van der Waals surface area contributed by atoms with Gasteiger partial charge in [0, 0.05) is 0 Å². The smallest absolute Gasteiger partial charge is 0.246 e. The number of nitrogens with one attached hydrogen (secondary N) is 1. The zero-order valence-corrected chi connectivity index (χ0v) is 22.0. The van der Waals surface area contributed by atoms with Crippen molar-refractivity contribution in [2.75, 3.05) is 0 Å². The molecule has 38 heavy (non-hydrogen) atoms. The van der Waals surface area contributed by atoms with Crippen LogP contribution in [0.3, 0.4) is 0 Å². The first kappa shape index (κ1) is 23.9. The van der Waals surface area contributed by atoms with Crippen molar-refractivity contribution >= 4 is 23.6 Å². The molecule has 0 aliphatic heterocycles. The molecule has 6 heteroatoms. The van der Waals surface area contributed by atoms with Gasteiger partial charge in [0.15, 0.2) is 8.07 Å². The van der Waals surface area contributed by atoms with Crippen LogP contribution in [0.5, 0.6) is 0 Å². The Morgan fingerprint density at radius 3 is 1.63 bits per heavy atom. The summed E-state index contributed by atoms with van der Waals surface area (Å²) in [5.41, 5.74) is -0.186. The van der Waals surface area contributed by atoms with E-state index in [2.05, 4.69) is 102 Å². The molecule has 0 spiro atoms. The molecule has 6 rings (SSSR count). The number of H-pyrrole nitrogens is 1. The van der Waals surface area contributed by atoms with E-state index in [-0.39, 0.29) is 11.7 Å². The second-order valence-electron chi connectivity index (χ2n) is 9.74. The molecular weight excluding hydrogens is 486 g/mol. The lowest BCUT2D eigenvalue weighted by atomic mass is 10.0. The first-order valence-electron chi connectivity index (χ1n) is 13.1. The van der Waals surface area contributed by atoms with Crippen LogP contribution in [-0.2, 0) is 0 Å². The molecule has 1 aliphatic carbocycles. The summed E-state index contributed by atoms with van der Waals surface area (Å²) < 4.78 is 2.74. The Morgan fingerprint density at radius 2 is 1.13 bits per heavy atom. The van der Waals surface area contributed by atoms with Gasteiger partial charge in [0.1, 0.15) is 0 Å². The first-order valence-corrected chi connectivity index (χ1v) is 15.1. The SMILES string of the molecule is O=c1[nH]n(C2C=C([Si](c3ccccc3)(c3ccccc3)c3ccccc3)CCC2)c(=O)n1-c1ccccc1. The molecule has 5 nitrogen and oxygen atoms in total. The van der Waals surface area contributed by atoms with E-state index in [0.29, 0.717) is 5.69 Å². The second kappa shape index (κ2) is 10.1. The largest absolute Gasteiger partial charge is 0.352 e. The van der Waals surface area contributed by atoms with E-state index in [1.165, 1.54) is 30.0 Å². The van der Waals surface area contributed by atoms with Crippen LogP contribution in [-0.4, -0.2) is 22.4 Å². The molecule has 1 atom stereocenters. The van der Waals surface area contributed by atoms with Crippen LogP contribution >= 0.6 is 0 Å². The monoisotopic (exact) mass is 515 g/mol. The molecule has 5 aromatic rings. The van der Waals surface area contributed by atoms with E-state index in [1.54, 1.807) is 12.1 Å². The van der Waals surface area contributed by atoms with Crippen LogP contribution in [0.1, 0.15) is 25.3 Å². The summed E-state index contributed by atoms with van der Waals surface area (Å²) in [5, 5.41) is 8.15. The maximum atomic E-state index is 13.5. The Morgan fingerprint density at radius 1 is 0.658 bits per heavy atom. The highest BCUT2D eigenvalue weighted by Crippen LogP contribution is 2.31. The molecule has 0 bridgehead atoms. The van der Waals surface area contributed by atoms with Gasteiger partial charge in [0.05, 0.1) is 11.7 Å². The minimum Gasteiger partial charge on any atom is -0.246 e. The van der Waals surface area contributed by atoms with Gasteiger partial charge in [-0.15, -0.1) is 0 Å². The molecule has 1 heterocycles. The van der Waals surface area contributed by atoms with Crippen molar-refractivity contribution in [1.82, 2.24) is 14.3 Å². The van der Waals surface area contributed by atoms with Crippen molar-refractivity contribution in [2.45, 2.75) is 25.3 Å². The minimum absolute atomic E-state index is 0.230. The molecular formula is C32H29N3O2Si. The van der Waals surface area contributed by atoms with Crippen molar-refractivity contribution in [3.8, 4) is 5.69 Å². The summed E-state index contributed by atoms with van der Waals surface area (Å²) in [6, 6.07) is 41.2. The number of aromatic nitrogens is 3. The number of nitrogens with zero attached hydrogens (tertiary/aromatic N) is 2. The third-order valence-corrected chi connectivity index (χ3v) is 12.6. The van der Waals surface area contributed by atoms with E-state index in [0.717, 1.165) is 19.3 Å². The molecule has 0 saturated carbocycles. The summed E-state index contributed by atoms with van der Waals surface area (Å²) in [4.78, 5) is 26.5. The van der Waals surface area contributed by atoms with Gasteiger partial charge in [-0.1, -0.05) is 120 Å². The molecule has 1 aliphatic rings. The summed E-state index contributed by atoms with van der Waals surface area (Å²) in [6.07, 6.45) is 4.94. The van der Waals surface area contributed by atoms with Crippen molar-refractivity contribution in [1.29, 1.82) is 0 Å². The van der Waals surface area contributed by atoms with Crippen LogP contribution in [0, 0.1) is 0 Å². The molecule has 4 aromatic carbocycles. The number of hydrogen-bond acceptors (Lipinski definition) is 2. The van der Waals surface area contributed by atoms with Gasteiger partial charge < -0.3 is 0 Å². The predicted molar refractivity (Wildman–Crippen MR) is 156 cm³/mol. The van der Waals surface area contributed by atoms with E-state index in [9.17, 15) is 9.59 Å². The van der Waals surface area contributed by atoms with Crippen LogP contribution < -0.4 is 26.9 Å². The fraction of sp³-hybridized carbons (Fsp3) is 0.125. The molecule has 0 saturated heterocycles. The number of rotatable bonds is 6. The average molecular weight is 516 g/mol. The maximum absolute atomic E-state index is 13.5. The fourth-order valence-electron chi connectivity index (χ4n) is 5.96. The minimum atomic E-state index is -2.64. The highest BCUT2D eigenvalue weighted by Gasteiger charge is 2.43. The summed E-state index contributed by atoms with van der Waals surface area (Å²) in [5.74, 6) is 0. The van der Waals surface area contributed by atoms with E-state index in [4.69, 9.17) is 0 Å². The molecule has 0 fully saturated rings. The average Bonchev–Trinajstić information content (AvgIpc) is 3.29. The van der Waals surface area contributed by atoms with Crippen molar-refractivity contribution in [3.63, 3.8) is 0 Å². The Balaban J connectivity index is 1.58. The Bertz CT molecular complexity index is 1570. The van der Waals surface area contributed by atoms with Crippen molar-refractivity contribution < 1.29 is 0 Å². The van der Waals surface area contributed by atoms with Gasteiger partial charge in [-0.05, 0) is 47.0 Å². The van der Waals surface area contributed by atoms with Gasteiger partial charge in [0.2, 0.25) is 0 Å². The standard InChI is InChI=1S/C32H29N3O2Si/c36-31-33-35(32(37)34(31)25-14-5-1-6-15-25)26-16-13-23-30(24-26)38(27-17-7-2-8-18-27,28-19-9-3-10-20-28)29-21-11-4-12-22-29/h1-12,14-15,17-22,24,26H,13,16,23H2,(H,33,36). The van der Waals surface area contributed by atoms with Crippen LogP contribution in [0.2, 0.25) is 0 Å². The van der Waals surface area contributed by atoms with Crippen LogP contribution in [0.15, 0.2) is 142 Å². The quantitative estimate of drug-likeness (QED) is 0.277. The fourth-order valence-corrected chi connectivity index (χ4v) is 11.1. The summed E-state index contributed by atoms with van der Waals surface area (Å²) in [7, 11) is -2.64. The highest BCUT2D eigenvalue weighted by molar-refractivity contribution is 7.16. The summed E-state index contributed by atoms with van der Waals surface area (Å²) in [6.45, 7) is 0. The second-order valence-corrected chi connectivity index (χ2v) is 13.6. The zero-order valence-electron chi connectivity index (χ0n) is 21.0. The van der Waals surface area contributed by atoms with Gasteiger partial charge in [-0.25, -0.2) is 23.9 Å². The third-order valence-electron chi connectivity index (χ3n) is 7.60. The van der Waals surface area contributed by atoms with Gasteiger partial charge in [-0.3, -0.25) is 0 Å². The zero-order chi connectivity index (χ0) is 26.0. The van der Waals surface area contributed by atoms with Crippen molar-refractivity contribution in [3.05, 3.63) is 154 Å². The van der Waals surface area contributed by atoms with Crippen molar-refractivity contribution in [2.24, 2.45) is 0 Å². The number of para-hydroxylation sites is 1. The highest BCUT2D eigenvalue weighted by atomic mass is 28.3. The molecule has 1 aromatic heterocycles. The third kappa shape index (κ3) is 4.03. The Labute approximate surface area is 222 Å². The number of aromatic amines is 1. The number of allylic oxidation sites excluding steroid dienone is 2. The number of hydrogen-bond donors (Lipinski definition) is 1. The number of benzene rings is 4. The maximum Gasteiger partial charge on any atom is 0.352 e. The van der Waals surface area contributed by atoms with E-state index >= 15 is 0 Å². The summed E-state index contributed by atoms with van der Waals surface area (Å²) >= 11 is 0. The topological polar surface area (TPSA) is 59.8 Å². The van der Waals surface area contributed by atoms with Gasteiger partial charge in [0.25, 0.3) is 0 Å².